The first-order valence-corrected chi connectivity index (χ1v) is 17.6. The van der Waals surface area contributed by atoms with Gasteiger partial charge in [0.1, 0.15) is 122 Å². The SMILES string of the molecule is OC[C@H]1O[C@@H](O[C@H]2[C@H](O)[C@@H](O)[C@H](O[C@H]3[C@@H](O)[C@H](O)[C@@H](CO[C@@H]4O[C@H](CO)[C@@H](O[C@@H]5O[C@H](CO)[C@H](O)[C@H](O)[C@H]5O)[C@@H](O)[C@H]4O)O[C@H]3O)O[C@@H]2CO)[C@H](O)[C@@H](O)[C@H]1O. The van der Waals surface area contributed by atoms with E-state index in [0.29, 0.717) is 0 Å². The standard InChI is InChI=1S/C30H52O26/c31-1-6-11(35)14(38)19(43)28(50-6)54-23-8(3-33)52-27(21(45)17(23)41)48-5-10-13(37)16(40)25(26(47)49-10)56-30-22(46)18(42)24(9(4-34)53-30)55-29-20(44)15(39)12(36)7(2-32)51-29/h6-47H,1-5H2/t6-,7-,8-,9-,10-,11+,12+,13-,14+,15+,16+,17+,18-,19-,20-,21-,22-,23-,24-,25+,26-,27-,28+,29+,30+/m1/s1. The summed E-state index contributed by atoms with van der Waals surface area (Å²) in [5, 5.41) is 175. The average Bonchev–Trinajstić information content (AvgIpc) is 3.19. The molecule has 25 atom stereocenters. The zero-order valence-electron chi connectivity index (χ0n) is 29.2. The molecule has 0 amide bonds. The smallest absolute Gasteiger partial charge is 0.187 e. The van der Waals surface area contributed by atoms with E-state index in [9.17, 15) is 86.8 Å². The summed E-state index contributed by atoms with van der Waals surface area (Å²) in [5.41, 5.74) is 0. The van der Waals surface area contributed by atoms with Crippen molar-refractivity contribution < 1.29 is 129 Å². The number of hydrogen-bond acceptors (Lipinski definition) is 26. The van der Waals surface area contributed by atoms with Crippen molar-refractivity contribution in [2.45, 2.75) is 154 Å². The van der Waals surface area contributed by atoms with E-state index < -0.39 is 187 Å². The summed E-state index contributed by atoms with van der Waals surface area (Å²) in [6.45, 7) is -4.18. The lowest BCUT2D eigenvalue weighted by Gasteiger charge is -2.48. The lowest BCUT2D eigenvalue weighted by molar-refractivity contribution is -0.384. The van der Waals surface area contributed by atoms with E-state index in [1.54, 1.807) is 0 Å². The molecule has 5 saturated heterocycles. The third-order valence-electron chi connectivity index (χ3n) is 10.3. The van der Waals surface area contributed by atoms with Crippen molar-refractivity contribution in [1.29, 1.82) is 0 Å². The minimum atomic E-state index is -2.12. The summed E-state index contributed by atoms with van der Waals surface area (Å²) in [5.74, 6) is 0. The Kier molecular flexibility index (Phi) is 16.1. The van der Waals surface area contributed by atoms with E-state index in [0.717, 1.165) is 0 Å². The Bertz CT molecular complexity index is 1200. The van der Waals surface area contributed by atoms with Crippen LogP contribution in [-0.2, 0) is 42.6 Å². The maximum absolute atomic E-state index is 10.9. The van der Waals surface area contributed by atoms with E-state index in [4.69, 9.17) is 42.6 Å². The molecular weight excluding hydrogens is 776 g/mol. The highest BCUT2D eigenvalue weighted by atomic mass is 16.8. The third kappa shape index (κ3) is 9.31. The zero-order chi connectivity index (χ0) is 41.3. The lowest BCUT2D eigenvalue weighted by Crippen LogP contribution is -2.66. The van der Waals surface area contributed by atoms with Gasteiger partial charge in [0.15, 0.2) is 31.5 Å². The molecule has 5 fully saturated rings. The van der Waals surface area contributed by atoms with Crippen LogP contribution in [0.15, 0.2) is 0 Å². The van der Waals surface area contributed by atoms with Crippen LogP contribution in [0.3, 0.4) is 0 Å². The van der Waals surface area contributed by atoms with Gasteiger partial charge in [-0.2, -0.15) is 0 Å². The molecule has 26 nitrogen and oxygen atoms in total. The third-order valence-corrected chi connectivity index (χ3v) is 10.3. The van der Waals surface area contributed by atoms with E-state index in [-0.39, 0.29) is 0 Å². The molecular formula is C30H52O26. The predicted molar refractivity (Wildman–Crippen MR) is 167 cm³/mol. The van der Waals surface area contributed by atoms with Crippen LogP contribution in [-0.4, -0.2) is 273 Å². The molecule has 0 aromatic rings. The summed E-state index contributed by atoms with van der Waals surface area (Å²) in [4.78, 5) is 0. The van der Waals surface area contributed by atoms with Gasteiger partial charge in [-0.3, -0.25) is 0 Å². The van der Waals surface area contributed by atoms with Crippen molar-refractivity contribution in [3.05, 3.63) is 0 Å². The van der Waals surface area contributed by atoms with Crippen LogP contribution in [0.4, 0.5) is 0 Å². The monoisotopic (exact) mass is 828 g/mol. The molecule has 5 rings (SSSR count). The minimum absolute atomic E-state index is 0.766. The summed E-state index contributed by atoms with van der Waals surface area (Å²) in [6.07, 6.45) is -45.1. The van der Waals surface area contributed by atoms with Crippen LogP contribution in [0.1, 0.15) is 0 Å². The van der Waals surface area contributed by atoms with Gasteiger partial charge in [-0.15, -0.1) is 0 Å². The number of rotatable bonds is 13. The number of ether oxygens (including phenoxy) is 9. The van der Waals surface area contributed by atoms with Gasteiger partial charge >= 0.3 is 0 Å². The second-order valence-corrected chi connectivity index (χ2v) is 14.0. The van der Waals surface area contributed by atoms with E-state index >= 15 is 0 Å². The molecule has 0 unspecified atom stereocenters. The molecule has 0 saturated carbocycles. The molecule has 5 aliphatic rings. The Morgan fingerprint density at radius 3 is 1.05 bits per heavy atom. The molecule has 5 heterocycles. The first-order chi connectivity index (χ1) is 26.5. The molecule has 5 aliphatic heterocycles. The lowest BCUT2D eigenvalue weighted by atomic mass is 9.96. The molecule has 0 aromatic heterocycles. The van der Waals surface area contributed by atoms with Gasteiger partial charge in [0.2, 0.25) is 0 Å². The summed E-state index contributed by atoms with van der Waals surface area (Å²) in [7, 11) is 0. The van der Waals surface area contributed by atoms with Gasteiger partial charge in [-0.25, -0.2) is 0 Å². The highest BCUT2D eigenvalue weighted by Crippen LogP contribution is 2.34. The fourth-order valence-electron chi connectivity index (χ4n) is 6.91. The first-order valence-electron chi connectivity index (χ1n) is 17.6. The van der Waals surface area contributed by atoms with Crippen LogP contribution in [0, 0.1) is 0 Å². The van der Waals surface area contributed by atoms with Crippen molar-refractivity contribution in [3.8, 4) is 0 Å². The van der Waals surface area contributed by atoms with Crippen molar-refractivity contribution in [3.63, 3.8) is 0 Å². The Hall–Kier alpha value is -1.04. The van der Waals surface area contributed by atoms with E-state index in [1.807, 2.05) is 0 Å². The average molecular weight is 829 g/mol. The highest BCUT2D eigenvalue weighted by Gasteiger charge is 2.55. The normalized spacial score (nSPS) is 53.2. The molecule has 328 valence electrons. The van der Waals surface area contributed by atoms with Gasteiger partial charge in [0.25, 0.3) is 0 Å². The Balaban J connectivity index is 1.16. The van der Waals surface area contributed by atoms with Crippen molar-refractivity contribution in [2.75, 3.05) is 33.0 Å². The van der Waals surface area contributed by atoms with Crippen molar-refractivity contribution in [1.82, 2.24) is 0 Å². The molecule has 0 spiro atoms. The summed E-state index contributed by atoms with van der Waals surface area (Å²) >= 11 is 0. The number of hydrogen-bond donors (Lipinski definition) is 17. The van der Waals surface area contributed by atoms with Gasteiger partial charge < -0.3 is 129 Å². The van der Waals surface area contributed by atoms with E-state index in [2.05, 4.69) is 0 Å². The Labute approximate surface area is 316 Å². The Morgan fingerprint density at radius 1 is 0.304 bits per heavy atom. The van der Waals surface area contributed by atoms with E-state index in [1.165, 1.54) is 0 Å². The highest BCUT2D eigenvalue weighted by molar-refractivity contribution is 4.97. The zero-order valence-corrected chi connectivity index (χ0v) is 29.2. The number of aliphatic hydroxyl groups is 17. The quantitative estimate of drug-likeness (QED) is 0.0819. The van der Waals surface area contributed by atoms with Crippen LogP contribution in [0.2, 0.25) is 0 Å². The predicted octanol–water partition coefficient (Wildman–Crippen LogP) is -11.9. The van der Waals surface area contributed by atoms with Crippen LogP contribution >= 0.6 is 0 Å². The molecule has 56 heavy (non-hydrogen) atoms. The topological polar surface area (TPSA) is 427 Å². The first kappa shape index (κ1) is 46.0. The maximum Gasteiger partial charge on any atom is 0.187 e. The molecule has 0 aliphatic carbocycles. The second kappa shape index (κ2) is 19.6. The fourth-order valence-corrected chi connectivity index (χ4v) is 6.91. The van der Waals surface area contributed by atoms with Gasteiger partial charge in [0.05, 0.1) is 33.0 Å². The minimum Gasteiger partial charge on any atom is -0.394 e. The molecule has 0 bridgehead atoms. The number of aliphatic hydroxyl groups excluding tert-OH is 17. The molecule has 17 N–H and O–H groups in total. The summed E-state index contributed by atoms with van der Waals surface area (Å²) in [6, 6.07) is 0. The Morgan fingerprint density at radius 2 is 0.625 bits per heavy atom. The largest absolute Gasteiger partial charge is 0.394 e. The fraction of sp³-hybridized carbons (Fsp3) is 1.00. The van der Waals surface area contributed by atoms with Gasteiger partial charge in [-0.1, -0.05) is 0 Å². The van der Waals surface area contributed by atoms with Gasteiger partial charge in [0, 0.05) is 0 Å². The molecule has 26 heteroatoms. The van der Waals surface area contributed by atoms with Crippen LogP contribution < -0.4 is 0 Å². The maximum atomic E-state index is 10.9. The van der Waals surface area contributed by atoms with Crippen molar-refractivity contribution in [2.24, 2.45) is 0 Å². The van der Waals surface area contributed by atoms with Crippen LogP contribution in [0.5, 0.6) is 0 Å². The summed E-state index contributed by atoms with van der Waals surface area (Å²) < 4.78 is 48.6. The molecule has 0 aromatic carbocycles. The van der Waals surface area contributed by atoms with Crippen molar-refractivity contribution >= 4 is 0 Å². The molecule has 0 radical (unpaired) electrons. The van der Waals surface area contributed by atoms with Gasteiger partial charge in [-0.05, 0) is 0 Å². The van der Waals surface area contributed by atoms with Crippen LogP contribution in [0.25, 0.3) is 0 Å². The second-order valence-electron chi connectivity index (χ2n) is 14.0.